The number of carbonyl (C=O) groups excluding carboxylic acids is 2. The van der Waals surface area contributed by atoms with Crippen molar-refractivity contribution in [2.75, 3.05) is 63.9 Å². The normalized spacial score (nSPS) is 17.5. The van der Waals surface area contributed by atoms with Gasteiger partial charge in [-0.15, -0.1) is 0 Å². The molecule has 1 fully saturated rings. The summed E-state index contributed by atoms with van der Waals surface area (Å²) in [6, 6.07) is 6.10. The highest BCUT2D eigenvalue weighted by atomic mass is 16.5. The number of piperazine rings is 1. The topological polar surface area (TPSA) is 65.1 Å². The molecule has 2 aliphatic heterocycles. The van der Waals surface area contributed by atoms with E-state index in [1.54, 1.807) is 0 Å². The van der Waals surface area contributed by atoms with Crippen LogP contribution in [-0.2, 0) is 9.59 Å². The van der Waals surface area contributed by atoms with Crippen LogP contribution in [0, 0.1) is 6.92 Å². The molecule has 0 aliphatic carbocycles. The Balaban J connectivity index is 1.50. The second-order valence-electron chi connectivity index (χ2n) is 6.95. The molecule has 0 radical (unpaired) electrons. The summed E-state index contributed by atoms with van der Waals surface area (Å²) in [7, 11) is 0. The SMILES string of the molecule is CC(=O)NCCN1CCN(C(=O)CN2CCOc3ccc(C)cc32)CC1. The minimum absolute atomic E-state index is 0.000145. The maximum absolute atomic E-state index is 12.7. The maximum atomic E-state index is 12.7. The molecular formula is C19H28N4O3. The van der Waals surface area contributed by atoms with Gasteiger partial charge in [-0.25, -0.2) is 0 Å². The molecule has 0 spiro atoms. The van der Waals surface area contributed by atoms with E-state index in [-0.39, 0.29) is 11.8 Å². The number of hydrogen-bond donors (Lipinski definition) is 1. The van der Waals surface area contributed by atoms with Gasteiger partial charge < -0.3 is 19.9 Å². The zero-order valence-corrected chi connectivity index (χ0v) is 15.7. The fourth-order valence-corrected chi connectivity index (χ4v) is 3.42. The van der Waals surface area contributed by atoms with Crippen LogP contribution in [0.15, 0.2) is 18.2 Å². The second-order valence-corrected chi connectivity index (χ2v) is 6.95. The molecular weight excluding hydrogens is 332 g/mol. The van der Waals surface area contributed by atoms with Crippen LogP contribution >= 0.6 is 0 Å². The van der Waals surface area contributed by atoms with Crippen LogP contribution in [0.3, 0.4) is 0 Å². The summed E-state index contributed by atoms with van der Waals surface area (Å²) >= 11 is 0. The van der Waals surface area contributed by atoms with Crippen molar-refractivity contribution < 1.29 is 14.3 Å². The lowest BCUT2D eigenvalue weighted by atomic mass is 10.1. The predicted molar refractivity (Wildman–Crippen MR) is 101 cm³/mol. The van der Waals surface area contributed by atoms with Crippen LogP contribution in [0.2, 0.25) is 0 Å². The first-order chi connectivity index (χ1) is 12.5. The molecule has 1 aromatic carbocycles. The Labute approximate surface area is 154 Å². The number of benzene rings is 1. The van der Waals surface area contributed by atoms with Gasteiger partial charge >= 0.3 is 0 Å². The molecule has 0 unspecified atom stereocenters. The number of nitrogens with one attached hydrogen (secondary N) is 1. The van der Waals surface area contributed by atoms with Crippen LogP contribution in [0.4, 0.5) is 5.69 Å². The van der Waals surface area contributed by atoms with E-state index in [2.05, 4.69) is 28.1 Å². The van der Waals surface area contributed by atoms with Gasteiger partial charge in [0.05, 0.1) is 18.8 Å². The van der Waals surface area contributed by atoms with Crippen molar-refractivity contribution in [3.05, 3.63) is 23.8 Å². The Morgan fingerprint density at radius 1 is 1.15 bits per heavy atom. The number of fused-ring (bicyclic) bond motifs is 1. The molecule has 3 rings (SSSR count). The quantitative estimate of drug-likeness (QED) is 0.827. The molecule has 1 N–H and O–H groups in total. The molecule has 0 bridgehead atoms. The van der Waals surface area contributed by atoms with Gasteiger partial charge in [0.1, 0.15) is 12.4 Å². The molecule has 2 amide bonds. The molecule has 2 aliphatic rings. The van der Waals surface area contributed by atoms with Gasteiger partial charge in [0, 0.05) is 46.2 Å². The van der Waals surface area contributed by atoms with E-state index < -0.39 is 0 Å². The molecule has 0 aromatic heterocycles. The summed E-state index contributed by atoms with van der Waals surface area (Å²) in [5.41, 5.74) is 2.18. The first-order valence-corrected chi connectivity index (χ1v) is 9.26. The van der Waals surface area contributed by atoms with Gasteiger partial charge in [-0.1, -0.05) is 6.07 Å². The number of nitrogens with zero attached hydrogens (tertiary/aromatic N) is 3. The highest BCUT2D eigenvalue weighted by Gasteiger charge is 2.25. The second kappa shape index (κ2) is 8.40. The van der Waals surface area contributed by atoms with Gasteiger partial charge in [-0.05, 0) is 24.6 Å². The van der Waals surface area contributed by atoms with E-state index in [9.17, 15) is 9.59 Å². The highest BCUT2D eigenvalue weighted by molar-refractivity contribution is 5.82. The fourth-order valence-electron chi connectivity index (χ4n) is 3.42. The van der Waals surface area contributed by atoms with Crippen LogP contribution < -0.4 is 15.0 Å². The Bertz CT molecular complexity index is 656. The van der Waals surface area contributed by atoms with E-state index in [4.69, 9.17) is 4.74 Å². The van der Waals surface area contributed by atoms with Crippen LogP contribution in [0.5, 0.6) is 5.75 Å². The van der Waals surface area contributed by atoms with E-state index in [0.29, 0.717) is 19.7 Å². The number of hydrogen-bond acceptors (Lipinski definition) is 5. The van der Waals surface area contributed by atoms with Crippen molar-refractivity contribution in [3.8, 4) is 5.75 Å². The first kappa shape index (κ1) is 18.5. The van der Waals surface area contributed by atoms with Crippen molar-refractivity contribution in [3.63, 3.8) is 0 Å². The summed E-state index contributed by atoms with van der Waals surface area (Å²) in [4.78, 5) is 30.0. The predicted octanol–water partition coefficient (Wildman–Crippen LogP) is 0.474. The summed E-state index contributed by atoms with van der Waals surface area (Å²) in [6.07, 6.45) is 0. The van der Waals surface area contributed by atoms with E-state index >= 15 is 0 Å². The number of ether oxygens (including phenoxy) is 1. The third-order valence-corrected chi connectivity index (χ3v) is 4.93. The molecule has 26 heavy (non-hydrogen) atoms. The lowest BCUT2D eigenvalue weighted by Gasteiger charge is -2.37. The number of carbonyl (C=O) groups is 2. The smallest absolute Gasteiger partial charge is 0.242 e. The molecule has 7 nitrogen and oxygen atoms in total. The summed E-state index contributed by atoms with van der Waals surface area (Å²) < 4.78 is 5.70. The molecule has 1 aromatic rings. The van der Waals surface area contributed by atoms with Gasteiger partial charge in [-0.2, -0.15) is 0 Å². The molecule has 142 valence electrons. The first-order valence-electron chi connectivity index (χ1n) is 9.26. The number of amides is 2. The summed E-state index contributed by atoms with van der Waals surface area (Å²) in [5.74, 6) is 1.03. The van der Waals surface area contributed by atoms with Gasteiger partial charge in [0.25, 0.3) is 0 Å². The Kier molecular flexibility index (Phi) is 5.98. The monoisotopic (exact) mass is 360 g/mol. The zero-order chi connectivity index (χ0) is 18.5. The molecule has 1 saturated heterocycles. The molecule has 0 saturated carbocycles. The van der Waals surface area contributed by atoms with Gasteiger partial charge in [0.15, 0.2) is 0 Å². The fraction of sp³-hybridized carbons (Fsp3) is 0.579. The van der Waals surface area contributed by atoms with Gasteiger partial charge in [0.2, 0.25) is 11.8 Å². The van der Waals surface area contributed by atoms with Crippen LogP contribution in [-0.4, -0.2) is 80.6 Å². The standard InChI is InChI=1S/C19H28N4O3/c1-15-3-4-18-17(13-15)23(11-12-26-18)14-19(25)22-9-7-21(8-10-22)6-5-20-16(2)24/h3-4,13H,5-12,14H2,1-2H3,(H,20,24). The minimum Gasteiger partial charge on any atom is -0.490 e. The van der Waals surface area contributed by atoms with Crippen molar-refractivity contribution in [2.45, 2.75) is 13.8 Å². The van der Waals surface area contributed by atoms with Crippen molar-refractivity contribution in [1.29, 1.82) is 0 Å². The average Bonchev–Trinajstić information content (AvgIpc) is 2.62. The summed E-state index contributed by atoms with van der Waals surface area (Å²) in [6.45, 7) is 9.99. The Morgan fingerprint density at radius 2 is 1.92 bits per heavy atom. The largest absolute Gasteiger partial charge is 0.490 e. The van der Waals surface area contributed by atoms with E-state index in [0.717, 1.165) is 50.7 Å². The number of anilines is 1. The zero-order valence-electron chi connectivity index (χ0n) is 15.7. The summed E-state index contributed by atoms with van der Waals surface area (Å²) in [5, 5.41) is 2.82. The number of aryl methyl sites for hydroxylation is 1. The lowest BCUT2D eigenvalue weighted by molar-refractivity contribution is -0.131. The van der Waals surface area contributed by atoms with E-state index in [1.807, 2.05) is 17.0 Å². The highest BCUT2D eigenvalue weighted by Crippen LogP contribution is 2.32. The van der Waals surface area contributed by atoms with Crippen molar-refractivity contribution in [1.82, 2.24) is 15.1 Å². The van der Waals surface area contributed by atoms with Crippen LogP contribution in [0.1, 0.15) is 12.5 Å². The maximum Gasteiger partial charge on any atom is 0.242 e. The molecule has 0 atom stereocenters. The van der Waals surface area contributed by atoms with E-state index in [1.165, 1.54) is 12.5 Å². The van der Waals surface area contributed by atoms with Gasteiger partial charge in [-0.3, -0.25) is 14.5 Å². The Morgan fingerprint density at radius 3 is 2.65 bits per heavy atom. The third kappa shape index (κ3) is 4.66. The van der Waals surface area contributed by atoms with Crippen LogP contribution in [0.25, 0.3) is 0 Å². The molecule has 2 heterocycles. The van der Waals surface area contributed by atoms with Crippen molar-refractivity contribution in [2.24, 2.45) is 0 Å². The minimum atomic E-state index is -0.000145. The number of rotatable bonds is 5. The Hall–Kier alpha value is -2.28. The third-order valence-electron chi connectivity index (χ3n) is 4.93. The van der Waals surface area contributed by atoms with Crippen molar-refractivity contribution >= 4 is 17.5 Å². The lowest BCUT2D eigenvalue weighted by Crippen LogP contribution is -2.52. The molecule has 7 heteroatoms. The average molecular weight is 360 g/mol.